The van der Waals surface area contributed by atoms with Gasteiger partial charge in [-0.2, -0.15) is 0 Å². The van der Waals surface area contributed by atoms with E-state index in [4.69, 9.17) is 14.2 Å². The van der Waals surface area contributed by atoms with Crippen molar-refractivity contribution in [2.75, 3.05) is 26.6 Å². The summed E-state index contributed by atoms with van der Waals surface area (Å²) in [4.78, 5) is 29.9. The molecule has 0 spiro atoms. The number of carbonyl (C=O) groups excluding carboxylic acids is 2. The van der Waals surface area contributed by atoms with Crippen LogP contribution in [-0.2, 0) is 25.4 Å². The molecule has 2 rings (SSSR count). The van der Waals surface area contributed by atoms with Gasteiger partial charge in [-0.25, -0.2) is 9.79 Å². The summed E-state index contributed by atoms with van der Waals surface area (Å²) in [5.74, 6) is 0.554. The van der Waals surface area contributed by atoms with Gasteiger partial charge in [-0.3, -0.25) is 4.79 Å². The summed E-state index contributed by atoms with van der Waals surface area (Å²) in [5, 5.41) is -0.481. The lowest BCUT2D eigenvalue weighted by Crippen LogP contribution is -2.36. The highest BCUT2D eigenvalue weighted by Crippen LogP contribution is 2.28. The number of hydrogen-bond acceptors (Lipinski definition) is 8. The molecule has 2 atom stereocenters. The first-order chi connectivity index (χ1) is 12.0. The molecule has 2 heterocycles. The molecule has 1 aliphatic rings. The van der Waals surface area contributed by atoms with Gasteiger partial charge >= 0.3 is 11.9 Å². The number of aryl methyl sites for hydroxylation is 2. The molecule has 1 aromatic heterocycles. The van der Waals surface area contributed by atoms with Crippen LogP contribution in [0.15, 0.2) is 11.1 Å². The number of hydrogen-bond donors (Lipinski definition) is 0. The molecule has 25 heavy (non-hydrogen) atoms. The zero-order chi connectivity index (χ0) is 18.4. The van der Waals surface area contributed by atoms with Gasteiger partial charge in [0, 0.05) is 10.6 Å². The van der Waals surface area contributed by atoms with E-state index in [1.807, 2.05) is 13.0 Å². The molecule has 0 saturated carbocycles. The van der Waals surface area contributed by atoms with Crippen LogP contribution in [0.3, 0.4) is 0 Å². The van der Waals surface area contributed by atoms with Crippen molar-refractivity contribution in [1.29, 1.82) is 0 Å². The Morgan fingerprint density at radius 1 is 1.36 bits per heavy atom. The zero-order valence-electron chi connectivity index (χ0n) is 14.9. The quantitative estimate of drug-likeness (QED) is 0.701. The fraction of sp³-hybridized carbons (Fsp3) is 0.588. The lowest BCUT2D eigenvalue weighted by molar-refractivity contribution is -0.138. The monoisotopic (exact) mass is 385 g/mol. The number of rotatable bonds is 6. The second kappa shape index (κ2) is 9.24. The number of methoxy groups -OCH3 is 2. The maximum Gasteiger partial charge on any atom is 0.348 e. The number of carbonyl (C=O) groups is 2. The molecular weight excluding hydrogens is 362 g/mol. The van der Waals surface area contributed by atoms with Gasteiger partial charge in [0.05, 0.1) is 26.9 Å². The summed E-state index contributed by atoms with van der Waals surface area (Å²) in [7, 11) is 2.88. The molecule has 2 unspecified atom stereocenters. The summed E-state index contributed by atoms with van der Waals surface area (Å²) >= 11 is 2.97. The van der Waals surface area contributed by atoms with E-state index < -0.39 is 5.25 Å². The van der Waals surface area contributed by atoms with Crippen molar-refractivity contribution in [2.45, 2.75) is 38.0 Å². The first-order valence-corrected chi connectivity index (χ1v) is 9.94. The van der Waals surface area contributed by atoms with E-state index in [-0.39, 0.29) is 18.0 Å². The van der Waals surface area contributed by atoms with Crippen molar-refractivity contribution >= 4 is 40.9 Å². The number of thiophene rings is 1. The summed E-state index contributed by atoms with van der Waals surface area (Å²) in [6.45, 7) is 4.18. The van der Waals surface area contributed by atoms with Gasteiger partial charge in [-0.15, -0.1) is 23.1 Å². The Hall–Kier alpha value is -1.54. The van der Waals surface area contributed by atoms with Gasteiger partial charge in [-0.1, -0.05) is 0 Å². The minimum absolute atomic E-state index is 0.0772. The van der Waals surface area contributed by atoms with Crippen molar-refractivity contribution < 1.29 is 23.8 Å². The van der Waals surface area contributed by atoms with Crippen LogP contribution in [0.4, 0.5) is 0 Å². The maximum absolute atomic E-state index is 11.8. The van der Waals surface area contributed by atoms with Gasteiger partial charge in [0.15, 0.2) is 5.25 Å². The van der Waals surface area contributed by atoms with Crippen LogP contribution in [-0.4, -0.2) is 55.7 Å². The number of ether oxygens (including phenoxy) is 3. The second-order valence-electron chi connectivity index (χ2n) is 5.54. The molecule has 0 fully saturated rings. The van der Waals surface area contributed by atoms with Crippen molar-refractivity contribution in [2.24, 2.45) is 4.99 Å². The zero-order valence-corrected chi connectivity index (χ0v) is 16.5. The van der Waals surface area contributed by atoms with Crippen molar-refractivity contribution in [1.82, 2.24) is 0 Å². The Kier molecular flexibility index (Phi) is 7.31. The number of esters is 2. The average Bonchev–Trinajstić information content (AvgIpc) is 3.00. The highest BCUT2D eigenvalue weighted by Gasteiger charge is 2.32. The van der Waals surface area contributed by atoms with Crippen LogP contribution >= 0.6 is 23.1 Å². The molecule has 138 valence electrons. The predicted molar refractivity (Wildman–Crippen MR) is 99.8 cm³/mol. The normalized spacial score (nSPS) is 19.9. The second-order valence-corrected chi connectivity index (χ2v) is 7.81. The van der Waals surface area contributed by atoms with Crippen molar-refractivity contribution in [3.05, 3.63) is 21.4 Å². The standard InChI is InChI=1S/C17H23NO5S2/c1-5-23-16(19)13-8-10(2)12(25-13)7-6-11-9-24-14(17(20)22-4)15(18-11)21-3/h8,11,14H,5-7,9H2,1-4H3. The van der Waals surface area contributed by atoms with E-state index in [1.54, 1.807) is 6.92 Å². The van der Waals surface area contributed by atoms with Crippen LogP contribution in [0.2, 0.25) is 0 Å². The van der Waals surface area contributed by atoms with Gasteiger partial charge in [0.25, 0.3) is 0 Å². The van der Waals surface area contributed by atoms with Crippen LogP contribution in [0, 0.1) is 6.92 Å². The van der Waals surface area contributed by atoms with Crippen LogP contribution in [0.25, 0.3) is 0 Å². The Morgan fingerprint density at radius 3 is 2.76 bits per heavy atom. The summed E-state index contributed by atoms with van der Waals surface area (Å²) in [6.07, 6.45) is 1.65. The van der Waals surface area contributed by atoms with E-state index in [2.05, 4.69) is 4.99 Å². The summed E-state index contributed by atoms with van der Waals surface area (Å²) in [5.41, 5.74) is 1.10. The predicted octanol–water partition coefficient (Wildman–Crippen LogP) is 2.87. The maximum atomic E-state index is 11.8. The molecule has 6 nitrogen and oxygen atoms in total. The number of nitrogens with zero attached hydrogens (tertiary/aromatic N) is 1. The largest absolute Gasteiger partial charge is 0.483 e. The first kappa shape index (κ1) is 19.8. The van der Waals surface area contributed by atoms with Crippen LogP contribution < -0.4 is 0 Å². The highest BCUT2D eigenvalue weighted by atomic mass is 32.2. The molecule has 0 radical (unpaired) electrons. The topological polar surface area (TPSA) is 74.2 Å². The van der Waals surface area contributed by atoms with Crippen molar-refractivity contribution in [3.8, 4) is 0 Å². The first-order valence-electron chi connectivity index (χ1n) is 8.07. The Morgan fingerprint density at radius 2 is 2.12 bits per heavy atom. The molecule has 1 aliphatic heterocycles. The number of aliphatic imine (C=N–C) groups is 1. The highest BCUT2D eigenvalue weighted by molar-refractivity contribution is 8.01. The molecule has 8 heteroatoms. The molecule has 1 aromatic rings. The third kappa shape index (κ3) is 4.98. The Bertz CT molecular complexity index is 655. The van der Waals surface area contributed by atoms with E-state index in [0.717, 1.165) is 29.0 Å². The molecule has 0 aliphatic carbocycles. The Balaban J connectivity index is 2.00. The molecule has 0 amide bonds. The number of thioether (sulfide) groups is 1. The van der Waals surface area contributed by atoms with Gasteiger partial charge in [0.1, 0.15) is 4.88 Å². The molecular formula is C17H23NO5S2. The molecule has 0 bridgehead atoms. The molecule has 0 saturated heterocycles. The third-order valence-electron chi connectivity index (χ3n) is 3.82. The van der Waals surface area contributed by atoms with Crippen LogP contribution in [0.5, 0.6) is 0 Å². The summed E-state index contributed by atoms with van der Waals surface area (Å²) in [6, 6.07) is 1.96. The van der Waals surface area contributed by atoms with Crippen molar-refractivity contribution in [3.63, 3.8) is 0 Å². The van der Waals surface area contributed by atoms with E-state index in [0.29, 0.717) is 17.4 Å². The van der Waals surface area contributed by atoms with E-state index in [1.165, 1.54) is 37.3 Å². The van der Waals surface area contributed by atoms with Crippen LogP contribution in [0.1, 0.15) is 33.5 Å². The molecule has 0 N–H and O–H groups in total. The lowest BCUT2D eigenvalue weighted by atomic mass is 10.1. The van der Waals surface area contributed by atoms with Gasteiger partial charge in [-0.05, 0) is 38.3 Å². The SMILES string of the molecule is CCOC(=O)c1cc(C)c(CCC2CSC(C(=O)OC)C(OC)=N2)s1. The van der Waals surface area contributed by atoms with Gasteiger partial charge in [0.2, 0.25) is 5.90 Å². The smallest absolute Gasteiger partial charge is 0.348 e. The minimum Gasteiger partial charge on any atom is -0.483 e. The third-order valence-corrected chi connectivity index (χ3v) is 6.40. The lowest BCUT2D eigenvalue weighted by Gasteiger charge is -2.24. The van der Waals surface area contributed by atoms with E-state index in [9.17, 15) is 9.59 Å². The Labute approximate surface area is 155 Å². The fourth-order valence-corrected chi connectivity index (χ4v) is 4.79. The minimum atomic E-state index is -0.481. The fourth-order valence-electron chi connectivity index (χ4n) is 2.52. The van der Waals surface area contributed by atoms with Gasteiger partial charge < -0.3 is 14.2 Å². The summed E-state index contributed by atoms with van der Waals surface area (Å²) < 4.78 is 15.1. The average molecular weight is 386 g/mol. The van der Waals surface area contributed by atoms with E-state index >= 15 is 0 Å². The molecule has 0 aromatic carbocycles.